The Morgan fingerprint density at radius 2 is 1.19 bits per heavy atom. The van der Waals surface area contributed by atoms with Crippen molar-refractivity contribution in [2.45, 2.75) is 141 Å². The van der Waals surface area contributed by atoms with Crippen LogP contribution in [0.25, 0.3) is 0 Å². The molecule has 1 rings (SSSR count). The number of rotatable bonds is 23. The Kier molecular flexibility index (Phi) is 18.2. The molecule has 1 unspecified atom stereocenters. The van der Waals surface area contributed by atoms with Gasteiger partial charge in [-0.25, -0.2) is 0 Å². The summed E-state index contributed by atoms with van der Waals surface area (Å²) in [5, 5.41) is -1.55. The van der Waals surface area contributed by atoms with Crippen molar-refractivity contribution < 1.29 is 27.3 Å². The molecule has 0 aromatic heterocycles. The maximum absolute atomic E-state index is 13.1. The lowest BCUT2D eigenvalue weighted by Gasteiger charge is -2.15. The molecule has 0 amide bonds. The van der Waals surface area contributed by atoms with Gasteiger partial charge in [0.05, 0.1) is 5.56 Å². The molecule has 0 aliphatic carbocycles. The van der Waals surface area contributed by atoms with E-state index in [1.807, 2.05) is 0 Å². The van der Waals surface area contributed by atoms with Crippen LogP contribution in [0.2, 0.25) is 0 Å². The molecule has 1 aromatic carbocycles. The number of benzene rings is 1. The number of hydrogen-bond donors (Lipinski definition) is 1. The van der Waals surface area contributed by atoms with Crippen LogP contribution in [-0.4, -0.2) is 30.0 Å². The minimum atomic E-state index is -4.58. The summed E-state index contributed by atoms with van der Waals surface area (Å²) in [6.45, 7) is 4.38. The van der Waals surface area contributed by atoms with Crippen LogP contribution in [0.3, 0.4) is 0 Å². The average molecular weight is 539 g/mol. The zero-order valence-electron chi connectivity index (χ0n) is 23.2. The summed E-state index contributed by atoms with van der Waals surface area (Å²) in [7, 11) is -4.58. The molecule has 0 aliphatic rings. The van der Waals surface area contributed by atoms with Gasteiger partial charge in [-0.2, -0.15) is 8.42 Å². The normalized spacial score (nSPS) is 12.4. The lowest BCUT2D eigenvalue weighted by molar-refractivity contribution is -0.134. The number of carbonyl (C=O) groups excluding carboxylic acids is 2. The van der Waals surface area contributed by atoms with E-state index in [1.165, 1.54) is 69.9 Å². The first kappa shape index (κ1) is 33.3. The molecule has 0 saturated carbocycles. The van der Waals surface area contributed by atoms with Gasteiger partial charge in [0.2, 0.25) is 0 Å². The number of para-hydroxylation sites is 1. The predicted molar refractivity (Wildman–Crippen MR) is 151 cm³/mol. The van der Waals surface area contributed by atoms with Crippen molar-refractivity contribution in [3.63, 3.8) is 0 Å². The second kappa shape index (κ2) is 20.3. The molecule has 0 radical (unpaired) electrons. The molecule has 0 saturated heterocycles. The zero-order valence-corrected chi connectivity index (χ0v) is 24.0. The highest BCUT2D eigenvalue weighted by atomic mass is 32.2. The van der Waals surface area contributed by atoms with Crippen LogP contribution in [0, 0.1) is 0 Å². The Balaban J connectivity index is 2.55. The summed E-state index contributed by atoms with van der Waals surface area (Å²) in [5.41, 5.74) is 0.0186. The molecule has 7 heteroatoms. The minimum Gasteiger partial charge on any atom is -0.426 e. The van der Waals surface area contributed by atoms with Crippen LogP contribution in [0.4, 0.5) is 0 Å². The fraction of sp³-hybridized carbons (Fsp3) is 0.733. The van der Waals surface area contributed by atoms with E-state index in [0.717, 1.165) is 44.9 Å². The van der Waals surface area contributed by atoms with E-state index < -0.39 is 27.1 Å². The van der Waals surface area contributed by atoms with Gasteiger partial charge in [-0.3, -0.25) is 14.1 Å². The van der Waals surface area contributed by atoms with Gasteiger partial charge in [0, 0.05) is 6.42 Å². The molecular formula is C30H50O6S. The van der Waals surface area contributed by atoms with E-state index in [1.54, 1.807) is 12.1 Å². The summed E-state index contributed by atoms with van der Waals surface area (Å²) >= 11 is 0. The summed E-state index contributed by atoms with van der Waals surface area (Å²) in [6.07, 6.45) is 18.7. The van der Waals surface area contributed by atoms with Gasteiger partial charge < -0.3 is 4.74 Å². The Morgan fingerprint density at radius 1 is 0.730 bits per heavy atom. The lowest BCUT2D eigenvalue weighted by atomic mass is 10.0. The molecule has 0 fully saturated rings. The van der Waals surface area contributed by atoms with Crippen LogP contribution in [0.1, 0.15) is 146 Å². The van der Waals surface area contributed by atoms with Crippen LogP contribution >= 0.6 is 0 Å². The van der Waals surface area contributed by atoms with E-state index in [0.29, 0.717) is 6.42 Å². The topological polar surface area (TPSA) is 97.7 Å². The second-order valence-corrected chi connectivity index (χ2v) is 11.8. The maximum atomic E-state index is 13.1. The summed E-state index contributed by atoms with van der Waals surface area (Å²) in [6, 6.07) is 6.19. The highest BCUT2D eigenvalue weighted by Crippen LogP contribution is 2.25. The molecule has 1 N–H and O–H groups in total. The quantitative estimate of drug-likeness (QED) is 0.0493. The highest BCUT2D eigenvalue weighted by molar-refractivity contribution is 7.87. The molecule has 0 aliphatic heterocycles. The van der Waals surface area contributed by atoms with Crippen molar-refractivity contribution in [3.8, 4) is 5.75 Å². The Hall–Kier alpha value is -1.73. The Morgan fingerprint density at radius 3 is 1.70 bits per heavy atom. The van der Waals surface area contributed by atoms with Crippen molar-refractivity contribution in [2.24, 2.45) is 0 Å². The number of Topliss-reactive ketones (excluding diaryl/α,β-unsaturated/α-hetero) is 1. The van der Waals surface area contributed by atoms with Crippen molar-refractivity contribution in [2.75, 3.05) is 0 Å². The number of ketones is 1. The average Bonchev–Trinajstić information content (AvgIpc) is 2.86. The summed E-state index contributed by atoms with van der Waals surface area (Å²) < 4.78 is 39.3. The van der Waals surface area contributed by atoms with Crippen LogP contribution < -0.4 is 4.74 Å². The first-order valence-electron chi connectivity index (χ1n) is 14.6. The van der Waals surface area contributed by atoms with E-state index in [4.69, 9.17) is 4.74 Å². The predicted octanol–water partition coefficient (Wildman–Crippen LogP) is 8.48. The number of hydrogen-bond acceptors (Lipinski definition) is 5. The van der Waals surface area contributed by atoms with Gasteiger partial charge in [-0.05, 0) is 25.0 Å². The molecule has 6 nitrogen and oxygen atoms in total. The summed E-state index contributed by atoms with van der Waals surface area (Å²) in [5.74, 6) is -1.11. The molecule has 1 aromatic rings. The SMILES string of the molecule is CCCCCCCCCCCC(=O)Oc1ccccc1C(=O)C(CCCCCCCCCC)S(=O)(=O)O. The van der Waals surface area contributed by atoms with Crippen molar-refractivity contribution in [1.29, 1.82) is 0 Å². The molecule has 212 valence electrons. The second-order valence-electron chi connectivity index (χ2n) is 10.2. The highest BCUT2D eigenvalue weighted by Gasteiger charge is 2.33. The first-order chi connectivity index (χ1) is 17.8. The first-order valence-corrected chi connectivity index (χ1v) is 16.1. The van der Waals surface area contributed by atoms with Gasteiger partial charge in [-0.15, -0.1) is 0 Å². The largest absolute Gasteiger partial charge is 0.426 e. The van der Waals surface area contributed by atoms with Gasteiger partial charge in [0.1, 0.15) is 11.0 Å². The Bertz CT molecular complexity index is 865. The minimum absolute atomic E-state index is 0.0186. The van der Waals surface area contributed by atoms with Crippen molar-refractivity contribution in [1.82, 2.24) is 0 Å². The van der Waals surface area contributed by atoms with Crippen LogP contribution in [0.15, 0.2) is 24.3 Å². The monoisotopic (exact) mass is 538 g/mol. The molecule has 1 atom stereocenters. The smallest absolute Gasteiger partial charge is 0.311 e. The fourth-order valence-electron chi connectivity index (χ4n) is 4.57. The van der Waals surface area contributed by atoms with Gasteiger partial charge in [0.25, 0.3) is 10.1 Å². The third-order valence-electron chi connectivity index (χ3n) is 6.83. The van der Waals surface area contributed by atoms with Crippen molar-refractivity contribution >= 4 is 21.9 Å². The number of esters is 1. The van der Waals surface area contributed by atoms with Gasteiger partial charge in [-0.1, -0.05) is 129 Å². The lowest BCUT2D eigenvalue weighted by Crippen LogP contribution is -2.30. The van der Waals surface area contributed by atoms with E-state index in [9.17, 15) is 22.6 Å². The third kappa shape index (κ3) is 15.3. The standard InChI is InChI=1S/C30H50O6S/c1-3-5-7-9-11-13-15-17-19-25-29(31)36-27-23-21-20-22-26(27)30(32)28(37(33,34)35)24-18-16-14-12-10-8-6-4-2/h20-23,28H,3-19,24-25H2,1-2H3,(H,33,34,35). The molecule has 0 heterocycles. The van der Waals surface area contributed by atoms with E-state index in [2.05, 4.69) is 13.8 Å². The van der Waals surface area contributed by atoms with Crippen LogP contribution in [0.5, 0.6) is 5.75 Å². The fourth-order valence-corrected chi connectivity index (χ4v) is 5.43. The number of carbonyl (C=O) groups is 2. The zero-order chi connectivity index (χ0) is 27.4. The van der Waals surface area contributed by atoms with E-state index >= 15 is 0 Å². The molecule has 37 heavy (non-hydrogen) atoms. The molecule has 0 spiro atoms. The molecule has 0 bridgehead atoms. The molecular weight excluding hydrogens is 488 g/mol. The Labute approximate surface area is 225 Å². The van der Waals surface area contributed by atoms with Gasteiger partial charge >= 0.3 is 5.97 Å². The number of ether oxygens (including phenoxy) is 1. The van der Waals surface area contributed by atoms with Crippen LogP contribution in [-0.2, 0) is 14.9 Å². The number of unbranched alkanes of at least 4 members (excludes halogenated alkanes) is 15. The third-order valence-corrected chi connectivity index (χ3v) is 8.00. The van der Waals surface area contributed by atoms with E-state index in [-0.39, 0.29) is 24.2 Å². The maximum Gasteiger partial charge on any atom is 0.311 e. The van der Waals surface area contributed by atoms with Gasteiger partial charge in [0.15, 0.2) is 5.78 Å². The summed E-state index contributed by atoms with van der Waals surface area (Å²) in [4.78, 5) is 25.5. The van der Waals surface area contributed by atoms with Crippen molar-refractivity contribution in [3.05, 3.63) is 29.8 Å².